The molecule has 0 aromatic heterocycles. The standard InChI is InChI=1S/C11H15BrFNO/c1-6(2)7(5-14)10-9(15)4-3-8(12)11(10)13/h3-4,6-7,15H,5,14H2,1-2H3. The van der Waals surface area contributed by atoms with E-state index in [9.17, 15) is 9.50 Å². The van der Waals surface area contributed by atoms with Gasteiger partial charge in [-0.3, -0.25) is 0 Å². The molecule has 4 heteroatoms. The maximum atomic E-state index is 13.8. The fraction of sp³-hybridized carbons (Fsp3) is 0.455. The number of hydrogen-bond acceptors (Lipinski definition) is 2. The van der Waals surface area contributed by atoms with Crippen molar-refractivity contribution in [2.75, 3.05) is 6.54 Å². The predicted molar refractivity (Wildman–Crippen MR) is 62.4 cm³/mol. The Labute approximate surface area is 97.4 Å². The Kier molecular flexibility index (Phi) is 4.11. The van der Waals surface area contributed by atoms with Crippen LogP contribution >= 0.6 is 15.9 Å². The summed E-state index contributed by atoms with van der Waals surface area (Å²) in [5.41, 5.74) is 5.91. The average molecular weight is 276 g/mol. The molecule has 2 nitrogen and oxygen atoms in total. The zero-order valence-electron chi connectivity index (χ0n) is 8.80. The molecule has 1 atom stereocenters. The molecule has 0 aliphatic carbocycles. The van der Waals surface area contributed by atoms with Gasteiger partial charge < -0.3 is 10.8 Å². The van der Waals surface area contributed by atoms with Crippen molar-refractivity contribution in [3.63, 3.8) is 0 Å². The second-order valence-corrected chi connectivity index (χ2v) is 4.73. The lowest BCUT2D eigenvalue weighted by Gasteiger charge is -2.21. The zero-order chi connectivity index (χ0) is 11.6. The van der Waals surface area contributed by atoms with Crippen LogP contribution < -0.4 is 5.73 Å². The number of benzene rings is 1. The topological polar surface area (TPSA) is 46.2 Å². The van der Waals surface area contributed by atoms with Crippen LogP contribution in [0.2, 0.25) is 0 Å². The molecule has 1 unspecified atom stereocenters. The van der Waals surface area contributed by atoms with E-state index in [-0.39, 0.29) is 17.6 Å². The molecular weight excluding hydrogens is 261 g/mol. The van der Waals surface area contributed by atoms with Gasteiger partial charge in [-0.25, -0.2) is 4.39 Å². The largest absolute Gasteiger partial charge is 0.508 e. The molecule has 0 aliphatic rings. The summed E-state index contributed by atoms with van der Waals surface area (Å²) < 4.78 is 14.2. The maximum absolute atomic E-state index is 13.8. The first-order chi connectivity index (χ1) is 6.99. The van der Waals surface area contributed by atoms with Gasteiger partial charge in [0.15, 0.2) is 0 Å². The lowest BCUT2D eigenvalue weighted by atomic mass is 9.87. The minimum Gasteiger partial charge on any atom is -0.508 e. The van der Waals surface area contributed by atoms with E-state index >= 15 is 0 Å². The number of halogens is 2. The number of phenols is 1. The molecule has 0 bridgehead atoms. The molecule has 0 aliphatic heterocycles. The van der Waals surface area contributed by atoms with E-state index in [4.69, 9.17) is 5.73 Å². The zero-order valence-corrected chi connectivity index (χ0v) is 10.4. The molecule has 0 spiro atoms. The first-order valence-corrected chi connectivity index (χ1v) is 5.65. The third-order valence-corrected chi connectivity index (χ3v) is 3.15. The Morgan fingerprint density at radius 1 is 1.47 bits per heavy atom. The van der Waals surface area contributed by atoms with Gasteiger partial charge in [0.05, 0.1) is 4.47 Å². The van der Waals surface area contributed by atoms with Crippen LogP contribution in [0, 0.1) is 11.7 Å². The lowest BCUT2D eigenvalue weighted by molar-refractivity contribution is 0.419. The number of rotatable bonds is 3. The fourth-order valence-electron chi connectivity index (χ4n) is 1.63. The maximum Gasteiger partial charge on any atom is 0.144 e. The molecule has 1 aromatic rings. The van der Waals surface area contributed by atoms with Crippen LogP contribution in [0.15, 0.2) is 16.6 Å². The minimum absolute atomic E-state index is 0.0279. The van der Waals surface area contributed by atoms with Gasteiger partial charge >= 0.3 is 0 Å². The Hall–Kier alpha value is -0.610. The van der Waals surface area contributed by atoms with E-state index in [1.165, 1.54) is 12.1 Å². The summed E-state index contributed by atoms with van der Waals surface area (Å²) in [4.78, 5) is 0. The highest BCUT2D eigenvalue weighted by atomic mass is 79.9. The Balaban J connectivity index is 3.27. The van der Waals surface area contributed by atoms with Crippen molar-refractivity contribution in [3.05, 3.63) is 28.0 Å². The molecular formula is C11H15BrFNO. The van der Waals surface area contributed by atoms with Crippen molar-refractivity contribution in [2.45, 2.75) is 19.8 Å². The van der Waals surface area contributed by atoms with Crippen LogP contribution in [0.5, 0.6) is 5.75 Å². The van der Waals surface area contributed by atoms with Crippen molar-refractivity contribution in [1.29, 1.82) is 0 Å². The predicted octanol–water partition coefficient (Wildman–Crippen LogP) is 2.99. The first-order valence-electron chi connectivity index (χ1n) is 4.86. The van der Waals surface area contributed by atoms with Crippen molar-refractivity contribution >= 4 is 15.9 Å². The van der Waals surface area contributed by atoms with Gasteiger partial charge in [-0.05, 0) is 40.5 Å². The second kappa shape index (κ2) is 4.94. The molecule has 0 heterocycles. The lowest BCUT2D eigenvalue weighted by Crippen LogP contribution is -2.19. The Morgan fingerprint density at radius 2 is 2.07 bits per heavy atom. The van der Waals surface area contributed by atoms with Crippen molar-refractivity contribution in [1.82, 2.24) is 0 Å². The normalized spacial score (nSPS) is 13.2. The minimum atomic E-state index is -0.417. The fourth-order valence-corrected chi connectivity index (χ4v) is 1.98. The Morgan fingerprint density at radius 3 is 2.53 bits per heavy atom. The molecule has 1 aromatic carbocycles. The van der Waals surface area contributed by atoms with Crippen LogP contribution in [0.25, 0.3) is 0 Å². The summed E-state index contributed by atoms with van der Waals surface area (Å²) in [5.74, 6) is -0.425. The van der Waals surface area contributed by atoms with Crippen LogP contribution in [0.4, 0.5) is 4.39 Å². The molecule has 0 saturated carbocycles. The first kappa shape index (κ1) is 12.5. The van der Waals surface area contributed by atoms with Gasteiger partial charge in [0, 0.05) is 11.5 Å². The number of hydrogen-bond donors (Lipinski definition) is 2. The summed E-state index contributed by atoms with van der Waals surface area (Å²) in [6.07, 6.45) is 0. The molecule has 0 amide bonds. The molecule has 0 fully saturated rings. The van der Waals surface area contributed by atoms with Gasteiger partial charge in [0.2, 0.25) is 0 Å². The van der Waals surface area contributed by atoms with E-state index in [1.807, 2.05) is 13.8 Å². The molecule has 0 radical (unpaired) electrons. The molecule has 3 N–H and O–H groups in total. The summed E-state index contributed by atoms with van der Waals surface area (Å²) in [7, 11) is 0. The molecule has 1 rings (SSSR count). The molecule has 84 valence electrons. The van der Waals surface area contributed by atoms with Gasteiger partial charge in [0.25, 0.3) is 0 Å². The van der Waals surface area contributed by atoms with Crippen LogP contribution in [-0.4, -0.2) is 11.7 Å². The number of phenolic OH excluding ortho intramolecular Hbond substituents is 1. The van der Waals surface area contributed by atoms with E-state index < -0.39 is 5.82 Å². The van der Waals surface area contributed by atoms with E-state index in [2.05, 4.69) is 15.9 Å². The Bertz CT molecular complexity index is 355. The summed E-state index contributed by atoms with van der Waals surface area (Å²) >= 11 is 3.10. The third-order valence-electron chi connectivity index (χ3n) is 2.54. The quantitative estimate of drug-likeness (QED) is 0.891. The van der Waals surface area contributed by atoms with E-state index in [0.717, 1.165) is 0 Å². The van der Waals surface area contributed by atoms with Crippen LogP contribution in [0.3, 0.4) is 0 Å². The third kappa shape index (κ3) is 2.49. The van der Waals surface area contributed by atoms with Gasteiger partial charge in [-0.15, -0.1) is 0 Å². The monoisotopic (exact) mass is 275 g/mol. The smallest absolute Gasteiger partial charge is 0.144 e. The summed E-state index contributed by atoms with van der Waals surface area (Å²) in [5, 5.41) is 9.65. The van der Waals surface area contributed by atoms with Crippen LogP contribution in [-0.2, 0) is 0 Å². The van der Waals surface area contributed by atoms with Gasteiger partial charge in [-0.1, -0.05) is 13.8 Å². The van der Waals surface area contributed by atoms with Gasteiger partial charge in [-0.2, -0.15) is 0 Å². The molecule has 15 heavy (non-hydrogen) atoms. The second-order valence-electron chi connectivity index (χ2n) is 3.88. The highest BCUT2D eigenvalue weighted by molar-refractivity contribution is 9.10. The molecule has 0 saturated heterocycles. The average Bonchev–Trinajstić information content (AvgIpc) is 2.18. The van der Waals surface area contributed by atoms with Crippen molar-refractivity contribution in [3.8, 4) is 5.75 Å². The number of nitrogens with two attached hydrogens (primary N) is 1. The summed E-state index contributed by atoms with van der Waals surface area (Å²) in [6.45, 7) is 4.23. The van der Waals surface area contributed by atoms with E-state index in [1.54, 1.807) is 0 Å². The highest BCUT2D eigenvalue weighted by Gasteiger charge is 2.23. The SMILES string of the molecule is CC(C)C(CN)c1c(O)ccc(Br)c1F. The van der Waals surface area contributed by atoms with E-state index in [0.29, 0.717) is 16.6 Å². The van der Waals surface area contributed by atoms with Crippen LogP contribution in [0.1, 0.15) is 25.3 Å². The van der Waals surface area contributed by atoms with Crippen molar-refractivity contribution in [2.24, 2.45) is 11.7 Å². The highest BCUT2D eigenvalue weighted by Crippen LogP contribution is 2.35. The number of aromatic hydroxyl groups is 1. The van der Waals surface area contributed by atoms with Crippen molar-refractivity contribution < 1.29 is 9.50 Å². The summed E-state index contributed by atoms with van der Waals surface area (Å²) in [6, 6.07) is 2.97. The van der Waals surface area contributed by atoms with Gasteiger partial charge in [0.1, 0.15) is 11.6 Å².